The average Bonchev–Trinajstić information content (AvgIpc) is 2.28. The molecule has 0 aromatic heterocycles. The Balaban J connectivity index is 2.46. The molecule has 16 heavy (non-hydrogen) atoms. The van der Waals surface area contributed by atoms with Crippen LogP contribution in [0, 0.1) is 6.92 Å². The number of esters is 1. The largest absolute Gasteiger partial charge is 0.482 e. The Morgan fingerprint density at radius 1 is 1.50 bits per heavy atom. The van der Waals surface area contributed by atoms with Gasteiger partial charge in [0.25, 0.3) is 5.91 Å². The molecule has 1 amide bonds. The van der Waals surface area contributed by atoms with Crippen LogP contribution in [0.3, 0.4) is 0 Å². The van der Waals surface area contributed by atoms with E-state index in [4.69, 9.17) is 4.74 Å². The molecule has 0 saturated heterocycles. The highest BCUT2D eigenvalue weighted by Crippen LogP contribution is 2.31. The second kappa shape index (κ2) is 3.84. The quantitative estimate of drug-likeness (QED) is 0.721. The third-order valence-corrected chi connectivity index (χ3v) is 2.36. The van der Waals surface area contributed by atoms with E-state index >= 15 is 0 Å². The number of rotatable bonds is 1. The van der Waals surface area contributed by atoms with Crippen molar-refractivity contribution in [2.75, 3.05) is 19.0 Å². The van der Waals surface area contributed by atoms with Crippen molar-refractivity contribution in [3.63, 3.8) is 0 Å². The normalized spacial score (nSPS) is 13.5. The molecule has 0 atom stereocenters. The van der Waals surface area contributed by atoms with Crippen molar-refractivity contribution in [2.45, 2.75) is 6.92 Å². The molecule has 1 aliphatic rings. The van der Waals surface area contributed by atoms with E-state index in [1.54, 1.807) is 19.1 Å². The molecule has 0 aliphatic carbocycles. The highest BCUT2D eigenvalue weighted by molar-refractivity contribution is 5.99. The Morgan fingerprint density at radius 2 is 2.25 bits per heavy atom. The van der Waals surface area contributed by atoms with Crippen molar-refractivity contribution in [2.24, 2.45) is 0 Å². The summed E-state index contributed by atoms with van der Waals surface area (Å²) in [7, 11) is 1.32. The van der Waals surface area contributed by atoms with Gasteiger partial charge in [-0.2, -0.15) is 0 Å². The van der Waals surface area contributed by atoms with Gasteiger partial charge >= 0.3 is 5.97 Å². The standard InChI is InChI=1S/C11H11NO4/c1-6-3-9-8(12-10(13)5-16-9)4-7(6)11(14)15-2/h3-4H,5H2,1-2H3,(H,12,13). The van der Waals surface area contributed by atoms with Gasteiger partial charge in [-0.3, -0.25) is 4.79 Å². The lowest BCUT2D eigenvalue weighted by molar-refractivity contribution is -0.118. The molecular formula is C11H11NO4. The molecule has 1 aromatic rings. The third kappa shape index (κ3) is 1.71. The van der Waals surface area contributed by atoms with Gasteiger partial charge in [0.1, 0.15) is 5.75 Å². The van der Waals surface area contributed by atoms with Crippen molar-refractivity contribution in [3.8, 4) is 5.75 Å². The predicted molar refractivity (Wildman–Crippen MR) is 56.6 cm³/mol. The van der Waals surface area contributed by atoms with Crippen LogP contribution < -0.4 is 10.1 Å². The molecule has 0 spiro atoms. The summed E-state index contributed by atoms with van der Waals surface area (Å²) < 4.78 is 9.86. The number of nitrogens with one attached hydrogen (secondary N) is 1. The first-order valence-corrected chi connectivity index (χ1v) is 4.77. The first-order valence-electron chi connectivity index (χ1n) is 4.77. The Morgan fingerprint density at radius 3 is 2.94 bits per heavy atom. The Kier molecular flexibility index (Phi) is 2.52. The molecule has 1 aliphatic heterocycles. The van der Waals surface area contributed by atoms with Crippen LogP contribution in [0.25, 0.3) is 0 Å². The average molecular weight is 221 g/mol. The minimum Gasteiger partial charge on any atom is -0.482 e. The number of carbonyl (C=O) groups is 2. The molecule has 1 aromatic carbocycles. The molecule has 0 radical (unpaired) electrons. The van der Waals surface area contributed by atoms with Crippen molar-refractivity contribution in [1.29, 1.82) is 0 Å². The van der Waals surface area contributed by atoms with Gasteiger partial charge in [0.05, 0.1) is 18.4 Å². The number of methoxy groups -OCH3 is 1. The lowest BCUT2D eigenvalue weighted by Gasteiger charge is -2.19. The van der Waals surface area contributed by atoms with Crippen LogP contribution >= 0.6 is 0 Å². The fraction of sp³-hybridized carbons (Fsp3) is 0.273. The van der Waals surface area contributed by atoms with Gasteiger partial charge in [-0.25, -0.2) is 4.79 Å². The molecule has 1 heterocycles. The number of ether oxygens (including phenoxy) is 2. The maximum Gasteiger partial charge on any atom is 0.338 e. The van der Waals surface area contributed by atoms with Gasteiger partial charge in [0.2, 0.25) is 0 Å². The zero-order valence-electron chi connectivity index (χ0n) is 8.99. The number of hydrogen-bond donors (Lipinski definition) is 1. The van der Waals surface area contributed by atoms with Gasteiger partial charge in [0, 0.05) is 0 Å². The van der Waals surface area contributed by atoms with Crippen molar-refractivity contribution in [1.82, 2.24) is 0 Å². The van der Waals surface area contributed by atoms with Crippen LogP contribution in [0.4, 0.5) is 5.69 Å². The van der Waals surface area contributed by atoms with Crippen LogP contribution in [0.2, 0.25) is 0 Å². The SMILES string of the molecule is COC(=O)c1cc2c(cc1C)OCC(=O)N2. The third-order valence-electron chi connectivity index (χ3n) is 2.36. The number of hydrogen-bond acceptors (Lipinski definition) is 4. The highest BCUT2D eigenvalue weighted by atomic mass is 16.5. The lowest BCUT2D eigenvalue weighted by atomic mass is 10.1. The lowest BCUT2D eigenvalue weighted by Crippen LogP contribution is -2.25. The van der Waals surface area contributed by atoms with E-state index in [1.807, 2.05) is 0 Å². The number of benzene rings is 1. The minimum atomic E-state index is -0.430. The summed E-state index contributed by atoms with van der Waals surface area (Å²) in [5.74, 6) is -0.0861. The molecule has 1 N–H and O–H groups in total. The van der Waals surface area contributed by atoms with E-state index in [2.05, 4.69) is 10.1 Å². The fourth-order valence-corrected chi connectivity index (χ4v) is 1.56. The van der Waals surface area contributed by atoms with Gasteiger partial charge in [-0.1, -0.05) is 0 Å². The summed E-state index contributed by atoms with van der Waals surface area (Å²) in [6, 6.07) is 3.27. The second-order valence-electron chi connectivity index (χ2n) is 3.49. The molecule has 0 saturated carbocycles. The monoisotopic (exact) mass is 221 g/mol. The van der Waals surface area contributed by atoms with Gasteiger partial charge in [-0.15, -0.1) is 0 Å². The van der Waals surface area contributed by atoms with Gasteiger partial charge in [0.15, 0.2) is 6.61 Å². The van der Waals surface area contributed by atoms with E-state index in [1.165, 1.54) is 7.11 Å². The first-order chi connectivity index (χ1) is 7.61. The number of amides is 1. The fourth-order valence-electron chi connectivity index (χ4n) is 1.56. The molecule has 0 bridgehead atoms. The van der Waals surface area contributed by atoms with Crippen molar-refractivity contribution >= 4 is 17.6 Å². The number of carbonyl (C=O) groups excluding carboxylic acids is 2. The van der Waals surface area contributed by atoms with Crippen LogP contribution in [-0.2, 0) is 9.53 Å². The molecule has 5 nitrogen and oxygen atoms in total. The van der Waals surface area contributed by atoms with E-state index in [0.29, 0.717) is 17.0 Å². The van der Waals surface area contributed by atoms with Gasteiger partial charge < -0.3 is 14.8 Å². The summed E-state index contributed by atoms with van der Waals surface area (Å²) in [4.78, 5) is 22.5. The summed E-state index contributed by atoms with van der Waals surface area (Å²) >= 11 is 0. The Hall–Kier alpha value is -2.04. The topological polar surface area (TPSA) is 64.6 Å². The summed E-state index contributed by atoms with van der Waals surface area (Å²) in [6.07, 6.45) is 0. The summed E-state index contributed by atoms with van der Waals surface area (Å²) in [5.41, 5.74) is 1.68. The van der Waals surface area contributed by atoms with Crippen LogP contribution in [0.5, 0.6) is 5.75 Å². The van der Waals surface area contributed by atoms with E-state index < -0.39 is 5.97 Å². The summed E-state index contributed by atoms with van der Waals surface area (Å²) in [5, 5.41) is 2.63. The first kappa shape index (κ1) is 10.5. The van der Waals surface area contributed by atoms with Crippen LogP contribution in [0.1, 0.15) is 15.9 Å². The second-order valence-corrected chi connectivity index (χ2v) is 3.49. The Labute approximate surface area is 92.4 Å². The van der Waals surface area contributed by atoms with E-state index in [-0.39, 0.29) is 12.5 Å². The molecule has 5 heteroatoms. The van der Waals surface area contributed by atoms with Crippen LogP contribution in [-0.4, -0.2) is 25.6 Å². The molecule has 0 fully saturated rings. The smallest absolute Gasteiger partial charge is 0.338 e. The zero-order chi connectivity index (χ0) is 11.7. The number of anilines is 1. The molecule has 0 unspecified atom stereocenters. The van der Waals surface area contributed by atoms with Crippen LogP contribution in [0.15, 0.2) is 12.1 Å². The number of aryl methyl sites for hydroxylation is 1. The van der Waals surface area contributed by atoms with Gasteiger partial charge in [-0.05, 0) is 24.6 Å². The maximum atomic E-state index is 11.4. The van der Waals surface area contributed by atoms with E-state index in [0.717, 1.165) is 5.56 Å². The van der Waals surface area contributed by atoms with Crippen molar-refractivity contribution < 1.29 is 19.1 Å². The molecular weight excluding hydrogens is 210 g/mol. The highest BCUT2D eigenvalue weighted by Gasteiger charge is 2.20. The Bertz CT molecular complexity index is 467. The summed E-state index contributed by atoms with van der Waals surface area (Å²) in [6.45, 7) is 1.79. The minimum absolute atomic E-state index is 0.00398. The zero-order valence-corrected chi connectivity index (χ0v) is 8.99. The molecule has 84 valence electrons. The maximum absolute atomic E-state index is 11.4. The van der Waals surface area contributed by atoms with Crippen molar-refractivity contribution in [3.05, 3.63) is 23.3 Å². The number of fused-ring (bicyclic) bond motifs is 1. The van der Waals surface area contributed by atoms with E-state index in [9.17, 15) is 9.59 Å². The molecule has 2 rings (SSSR count). The predicted octanol–water partition coefficient (Wildman–Crippen LogP) is 1.11.